The molecule has 74 heavy (non-hydrogen) atoms. The van der Waals surface area contributed by atoms with Gasteiger partial charge in [-0.2, -0.15) is 0 Å². The molecule has 0 unspecified atom stereocenters. The summed E-state index contributed by atoms with van der Waals surface area (Å²) in [5.74, 6) is 0.0325. The second-order valence-electron chi connectivity index (χ2n) is 17.1. The normalized spacial score (nSPS) is 12.2. The van der Waals surface area contributed by atoms with Gasteiger partial charge in [0.25, 0.3) is 0 Å². The summed E-state index contributed by atoms with van der Waals surface area (Å²) in [6.07, 6.45) is -0.367. The summed E-state index contributed by atoms with van der Waals surface area (Å²) in [5, 5.41) is 0. The first kappa shape index (κ1) is 58.2. The Morgan fingerprint density at radius 1 is 0.365 bits per heavy atom. The van der Waals surface area contributed by atoms with Crippen LogP contribution in [0.3, 0.4) is 0 Å². The van der Waals surface area contributed by atoms with Crippen molar-refractivity contribution < 1.29 is 66.4 Å². The summed E-state index contributed by atoms with van der Waals surface area (Å²) in [6, 6.07) is 47.6. The van der Waals surface area contributed by atoms with Crippen LogP contribution in [0.2, 0.25) is 0 Å². The fraction of sp³-hybridized carbons (Fsp3) is 0.475. The number of likely N-dealkylation sites (N-methyl/N-ethyl adjacent to an activating group) is 1. The number of nitrogens with zero attached hydrogens (tertiary/aromatic N) is 1. The van der Waals surface area contributed by atoms with E-state index in [0.717, 1.165) is 16.7 Å². The maximum atomic E-state index is 12.7. The van der Waals surface area contributed by atoms with E-state index in [1.165, 1.54) is 27.2 Å². The van der Waals surface area contributed by atoms with Gasteiger partial charge in [0.05, 0.1) is 152 Å². The molecule has 1 aliphatic rings. The highest BCUT2D eigenvalue weighted by molar-refractivity contribution is 5.79. The number of benzene rings is 5. The summed E-state index contributed by atoms with van der Waals surface area (Å²) in [4.78, 5) is 14.2. The molecule has 0 atom stereocenters. The number of fused-ring (bicyclic) bond motifs is 3. The van der Waals surface area contributed by atoms with Gasteiger partial charge in [0.15, 0.2) is 0 Å². The molecule has 0 N–H and O–H groups in total. The Kier molecular flexibility index (Phi) is 28.3. The Hall–Kier alpha value is -5.11. The molecule has 0 fully saturated rings. The van der Waals surface area contributed by atoms with E-state index in [0.29, 0.717) is 165 Å². The molecule has 15 heteroatoms. The van der Waals surface area contributed by atoms with Crippen LogP contribution in [0.1, 0.15) is 33.7 Å². The van der Waals surface area contributed by atoms with Gasteiger partial charge in [-0.25, -0.2) is 4.79 Å². The Labute approximate surface area is 438 Å². The topological polar surface area (TPSA) is 140 Å². The van der Waals surface area contributed by atoms with Gasteiger partial charge < -0.3 is 66.5 Å². The van der Waals surface area contributed by atoms with E-state index in [1.54, 1.807) is 7.05 Å². The average molecular weight is 1020 g/mol. The Morgan fingerprint density at radius 2 is 0.635 bits per heavy atom. The highest BCUT2D eigenvalue weighted by Gasteiger charge is 2.37. The molecular formula is C59H77NO14. The molecule has 0 heterocycles. The molecule has 0 aliphatic heterocycles. The smallest absolute Gasteiger partial charge is 0.409 e. The number of hydrogen-bond donors (Lipinski definition) is 0. The first-order valence-corrected chi connectivity index (χ1v) is 25.9. The third-order valence-corrected chi connectivity index (χ3v) is 12.0. The van der Waals surface area contributed by atoms with Crippen LogP contribution < -0.4 is 0 Å². The minimum atomic E-state index is -0.761. The van der Waals surface area contributed by atoms with Crippen LogP contribution in [0.4, 0.5) is 4.79 Å². The summed E-state index contributed by atoms with van der Waals surface area (Å²) in [5.41, 5.74) is 7.21. The van der Waals surface area contributed by atoms with Crippen LogP contribution in [0, 0.1) is 0 Å². The predicted octanol–water partition coefficient (Wildman–Crippen LogP) is 8.06. The average Bonchev–Trinajstić information content (AvgIpc) is 3.77. The van der Waals surface area contributed by atoms with Crippen LogP contribution in [0.25, 0.3) is 11.1 Å². The van der Waals surface area contributed by atoms with Crippen molar-refractivity contribution in [2.75, 3.05) is 172 Å². The standard InChI is InChI=1S/C59H77NO14/c1-60(58(61)73-49-57-55-23-13-11-21-53(55)54-22-12-14-24-56(54)57)25-26-62-27-28-63-29-30-64-31-32-65-33-34-66-35-36-67-37-38-68-39-40-69-41-42-70-43-44-71-45-46-72-47-48-74-59(50-15-5-2-6-16-50,51-17-7-3-8-18-51)52-19-9-4-10-20-52/h2-24,57H,25-49H2,1H3. The lowest BCUT2D eigenvalue weighted by Gasteiger charge is -2.36. The second kappa shape index (κ2) is 36.0. The van der Waals surface area contributed by atoms with Gasteiger partial charge >= 0.3 is 6.09 Å². The molecule has 0 saturated carbocycles. The molecule has 5 aromatic carbocycles. The number of hydrogen-bond acceptors (Lipinski definition) is 14. The number of carbonyl (C=O) groups excluding carboxylic acids is 1. The van der Waals surface area contributed by atoms with Gasteiger partial charge in [0.1, 0.15) is 12.2 Å². The van der Waals surface area contributed by atoms with Crippen LogP contribution >= 0.6 is 0 Å². The van der Waals surface area contributed by atoms with Crippen molar-refractivity contribution in [2.45, 2.75) is 11.5 Å². The van der Waals surface area contributed by atoms with E-state index in [2.05, 4.69) is 60.7 Å². The van der Waals surface area contributed by atoms with E-state index >= 15 is 0 Å². The maximum absolute atomic E-state index is 12.7. The molecule has 402 valence electrons. The molecule has 0 saturated heterocycles. The molecule has 0 spiro atoms. The number of amides is 1. The lowest BCUT2D eigenvalue weighted by Crippen LogP contribution is -2.34. The van der Waals surface area contributed by atoms with Gasteiger partial charge in [0, 0.05) is 19.5 Å². The van der Waals surface area contributed by atoms with Crippen LogP contribution in [-0.4, -0.2) is 183 Å². The Bertz CT molecular complexity index is 2060. The van der Waals surface area contributed by atoms with Crippen molar-refractivity contribution in [1.82, 2.24) is 4.90 Å². The molecule has 1 aliphatic carbocycles. The van der Waals surface area contributed by atoms with E-state index in [1.807, 2.05) is 78.9 Å². The zero-order valence-corrected chi connectivity index (χ0v) is 43.2. The molecular weight excluding hydrogens is 947 g/mol. The van der Waals surface area contributed by atoms with Crippen molar-refractivity contribution in [3.8, 4) is 11.1 Å². The lowest BCUT2D eigenvalue weighted by molar-refractivity contribution is -0.0399. The number of carbonyl (C=O) groups is 1. The summed E-state index contributed by atoms with van der Waals surface area (Å²) >= 11 is 0. The zero-order chi connectivity index (χ0) is 51.4. The van der Waals surface area contributed by atoms with Crippen molar-refractivity contribution in [3.05, 3.63) is 167 Å². The number of ether oxygens (including phenoxy) is 13. The summed E-state index contributed by atoms with van der Waals surface area (Å²) in [7, 11) is 1.71. The molecule has 0 bridgehead atoms. The van der Waals surface area contributed by atoms with E-state index in [9.17, 15) is 4.79 Å². The third kappa shape index (κ3) is 20.2. The van der Waals surface area contributed by atoms with Crippen molar-refractivity contribution in [1.29, 1.82) is 0 Å². The highest BCUT2D eigenvalue weighted by atomic mass is 16.6. The lowest BCUT2D eigenvalue weighted by atomic mass is 9.80. The minimum Gasteiger partial charge on any atom is -0.448 e. The van der Waals surface area contributed by atoms with Gasteiger partial charge in [-0.1, -0.05) is 140 Å². The van der Waals surface area contributed by atoms with E-state index in [-0.39, 0.29) is 12.0 Å². The largest absolute Gasteiger partial charge is 0.448 e. The van der Waals surface area contributed by atoms with E-state index < -0.39 is 5.60 Å². The highest BCUT2D eigenvalue weighted by Crippen LogP contribution is 2.44. The first-order valence-electron chi connectivity index (χ1n) is 25.9. The first-order chi connectivity index (χ1) is 36.7. The molecule has 1 amide bonds. The van der Waals surface area contributed by atoms with Gasteiger partial charge in [-0.05, 0) is 38.9 Å². The quantitative estimate of drug-likeness (QED) is 0.0275. The Balaban J connectivity index is 0.620. The molecule has 6 rings (SSSR count). The maximum Gasteiger partial charge on any atom is 0.409 e. The molecule has 0 radical (unpaired) electrons. The van der Waals surface area contributed by atoms with Crippen molar-refractivity contribution >= 4 is 6.09 Å². The zero-order valence-electron chi connectivity index (χ0n) is 43.2. The van der Waals surface area contributed by atoms with Crippen molar-refractivity contribution in [3.63, 3.8) is 0 Å². The summed E-state index contributed by atoms with van der Waals surface area (Å²) in [6.45, 7) is 11.4. The van der Waals surface area contributed by atoms with Gasteiger partial charge in [0.2, 0.25) is 0 Å². The van der Waals surface area contributed by atoms with Crippen LogP contribution in [0.5, 0.6) is 0 Å². The SMILES string of the molecule is CN(CCOCCOCCOCCOCCOCCOCCOCCOCCOCCOCCOCCOC(c1ccccc1)(c1ccccc1)c1ccccc1)C(=O)OCC1c2ccccc2-c2ccccc21. The van der Waals surface area contributed by atoms with E-state index in [4.69, 9.17) is 61.6 Å². The molecule has 0 aromatic heterocycles. The predicted molar refractivity (Wildman–Crippen MR) is 282 cm³/mol. The fourth-order valence-electron chi connectivity index (χ4n) is 8.32. The van der Waals surface area contributed by atoms with Crippen molar-refractivity contribution in [2.24, 2.45) is 0 Å². The third-order valence-electron chi connectivity index (χ3n) is 12.0. The fourth-order valence-corrected chi connectivity index (χ4v) is 8.32. The number of rotatable bonds is 42. The summed E-state index contributed by atoms with van der Waals surface area (Å²) < 4.78 is 74.2. The molecule has 15 nitrogen and oxygen atoms in total. The van der Waals surface area contributed by atoms with Crippen LogP contribution in [0.15, 0.2) is 140 Å². The monoisotopic (exact) mass is 1020 g/mol. The van der Waals surface area contributed by atoms with Crippen LogP contribution in [-0.2, 0) is 67.2 Å². The Morgan fingerprint density at radius 3 is 0.959 bits per heavy atom. The second-order valence-corrected chi connectivity index (χ2v) is 17.1. The van der Waals surface area contributed by atoms with Gasteiger partial charge in [-0.15, -0.1) is 0 Å². The molecule has 5 aromatic rings. The van der Waals surface area contributed by atoms with Gasteiger partial charge in [-0.3, -0.25) is 0 Å². The minimum absolute atomic E-state index is 0.0325.